The summed E-state index contributed by atoms with van der Waals surface area (Å²) in [6.07, 6.45) is 0.422. The molecule has 2 heteroatoms. The molecule has 2 aromatic carbocycles. The van der Waals surface area contributed by atoms with Gasteiger partial charge in [0.15, 0.2) is 5.78 Å². The van der Waals surface area contributed by atoms with E-state index in [9.17, 15) is 4.79 Å². The van der Waals surface area contributed by atoms with Gasteiger partial charge in [0.2, 0.25) is 0 Å². The van der Waals surface area contributed by atoms with Gasteiger partial charge in [-0.05, 0) is 47.2 Å². The lowest BCUT2D eigenvalue weighted by Gasteiger charge is -2.19. The van der Waals surface area contributed by atoms with E-state index in [4.69, 9.17) is 11.6 Å². The molecule has 0 aliphatic heterocycles. The molecule has 0 unspecified atom stereocenters. The van der Waals surface area contributed by atoms with E-state index in [1.807, 2.05) is 25.1 Å². The predicted molar refractivity (Wildman–Crippen MR) is 89.4 cm³/mol. The summed E-state index contributed by atoms with van der Waals surface area (Å²) in [5.41, 5.74) is 4.11. The van der Waals surface area contributed by atoms with Crippen molar-refractivity contribution >= 4 is 17.4 Å². The van der Waals surface area contributed by atoms with Crippen molar-refractivity contribution in [3.05, 3.63) is 69.7 Å². The van der Waals surface area contributed by atoms with Gasteiger partial charge in [0.1, 0.15) is 0 Å². The Hall–Kier alpha value is -1.60. The van der Waals surface area contributed by atoms with Crippen LogP contribution in [0.5, 0.6) is 0 Å². The van der Waals surface area contributed by atoms with E-state index in [0.29, 0.717) is 11.4 Å². The molecule has 0 aromatic heterocycles. The molecule has 0 bridgehead atoms. The zero-order valence-electron chi connectivity index (χ0n) is 13.0. The van der Waals surface area contributed by atoms with Gasteiger partial charge < -0.3 is 0 Å². The number of hydrogen-bond donors (Lipinski definition) is 0. The number of carbonyl (C=O) groups excluding carboxylic acids is 1. The quantitative estimate of drug-likeness (QED) is 0.696. The monoisotopic (exact) mass is 300 g/mol. The fourth-order valence-electron chi connectivity index (χ4n) is 2.23. The number of halogens is 1. The molecule has 2 aromatic rings. The average Bonchev–Trinajstić information content (AvgIpc) is 2.41. The van der Waals surface area contributed by atoms with Gasteiger partial charge in [-0.15, -0.1) is 0 Å². The summed E-state index contributed by atoms with van der Waals surface area (Å²) in [5, 5.41) is 0.695. The highest BCUT2D eigenvalue weighted by Gasteiger charge is 2.14. The molecule has 0 heterocycles. The van der Waals surface area contributed by atoms with Crippen molar-refractivity contribution in [2.24, 2.45) is 0 Å². The molecule has 0 saturated carbocycles. The van der Waals surface area contributed by atoms with Crippen molar-refractivity contribution < 1.29 is 4.79 Å². The molecule has 21 heavy (non-hydrogen) atoms. The molecule has 110 valence electrons. The summed E-state index contributed by atoms with van der Waals surface area (Å²) in [6.45, 7) is 8.47. The molecule has 0 radical (unpaired) electrons. The number of rotatable bonds is 3. The number of benzene rings is 2. The van der Waals surface area contributed by atoms with Gasteiger partial charge in [-0.3, -0.25) is 4.79 Å². The van der Waals surface area contributed by atoms with Crippen molar-refractivity contribution in [2.45, 2.75) is 39.5 Å². The minimum Gasteiger partial charge on any atom is -0.294 e. The lowest BCUT2D eigenvalue weighted by molar-refractivity contribution is 0.0993. The molecule has 0 N–H and O–H groups in total. The molecule has 0 spiro atoms. The van der Waals surface area contributed by atoms with Gasteiger partial charge in [0.05, 0.1) is 0 Å². The summed E-state index contributed by atoms with van der Waals surface area (Å²) in [4.78, 5) is 12.3. The van der Waals surface area contributed by atoms with Crippen molar-refractivity contribution in [3.63, 3.8) is 0 Å². The highest BCUT2D eigenvalue weighted by atomic mass is 35.5. The summed E-state index contributed by atoms with van der Waals surface area (Å²) < 4.78 is 0. The van der Waals surface area contributed by atoms with E-state index < -0.39 is 0 Å². The molecular formula is C19H21ClO. The second-order valence-electron chi connectivity index (χ2n) is 6.51. The van der Waals surface area contributed by atoms with E-state index in [0.717, 1.165) is 16.7 Å². The van der Waals surface area contributed by atoms with E-state index in [2.05, 4.69) is 32.9 Å². The Morgan fingerprint density at radius 2 is 1.67 bits per heavy atom. The molecule has 0 aliphatic rings. The molecule has 2 rings (SSSR count). The van der Waals surface area contributed by atoms with E-state index >= 15 is 0 Å². The van der Waals surface area contributed by atoms with Crippen molar-refractivity contribution in [3.8, 4) is 0 Å². The molecule has 0 saturated heterocycles. The van der Waals surface area contributed by atoms with Gasteiger partial charge in [0, 0.05) is 17.0 Å². The van der Waals surface area contributed by atoms with Crippen molar-refractivity contribution in [1.82, 2.24) is 0 Å². The third kappa shape index (κ3) is 3.95. The third-order valence-corrected chi connectivity index (χ3v) is 4.09. The van der Waals surface area contributed by atoms with Crippen LogP contribution in [0.1, 0.15) is 47.8 Å². The summed E-state index contributed by atoms with van der Waals surface area (Å²) in [6, 6.07) is 13.7. The first-order valence-electron chi connectivity index (χ1n) is 7.16. The minimum atomic E-state index is 0.123. The van der Waals surface area contributed by atoms with E-state index in [-0.39, 0.29) is 11.2 Å². The van der Waals surface area contributed by atoms with Gasteiger partial charge in [-0.1, -0.05) is 56.6 Å². The lowest BCUT2D eigenvalue weighted by Crippen LogP contribution is -2.11. The molecule has 0 fully saturated rings. The minimum absolute atomic E-state index is 0.123. The Morgan fingerprint density at radius 1 is 1.05 bits per heavy atom. The van der Waals surface area contributed by atoms with E-state index in [1.165, 1.54) is 5.56 Å². The molecule has 0 amide bonds. The highest BCUT2D eigenvalue weighted by Crippen LogP contribution is 2.23. The Kier molecular flexibility index (Phi) is 4.53. The van der Waals surface area contributed by atoms with Crippen LogP contribution in [0, 0.1) is 6.92 Å². The second-order valence-corrected chi connectivity index (χ2v) is 6.92. The molecule has 1 nitrogen and oxygen atoms in total. The standard InChI is InChI=1S/C19H21ClO/c1-13-11-15(7-10-17(13)20)18(21)12-14-5-8-16(9-6-14)19(2,3)4/h5-11H,12H2,1-4H3. The average molecular weight is 301 g/mol. The first-order valence-corrected chi connectivity index (χ1v) is 7.54. The van der Waals surface area contributed by atoms with Gasteiger partial charge >= 0.3 is 0 Å². The zero-order chi connectivity index (χ0) is 15.6. The van der Waals surface area contributed by atoms with Crippen molar-refractivity contribution in [1.29, 1.82) is 0 Å². The van der Waals surface area contributed by atoms with Crippen LogP contribution in [0.4, 0.5) is 0 Å². The Bertz CT molecular complexity index is 648. The maximum Gasteiger partial charge on any atom is 0.167 e. The number of ketones is 1. The maximum atomic E-state index is 12.3. The van der Waals surface area contributed by atoms with Crippen molar-refractivity contribution in [2.75, 3.05) is 0 Å². The first-order chi connectivity index (χ1) is 9.77. The van der Waals surface area contributed by atoms with Crippen LogP contribution in [0.15, 0.2) is 42.5 Å². The number of Topliss-reactive ketones (excluding diaryl/α,β-unsaturated/α-hetero) is 1. The number of hydrogen-bond acceptors (Lipinski definition) is 1. The topological polar surface area (TPSA) is 17.1 Å². The Labute approximate surface area is 132 Å². The number of carbonyl (C=O) groups is 1. The molecule has 0 atom stereocenters. The first kappa shape index (κ1) is 15.8. The van der Waals surface area contributed by atoms with Crippen LogP contribution in [-0.4, -0.2) is 5.78 Å². The van der Waals surface area contributed by atoms with Crippen LogP contribution >= 0.6 is 11.6 Å². The van der Waals surface area contributed by atoms with E-state index in [1.54, 1.807) is 12.1 Å². The normalized spacial score (nSPS) is 11.5. The van der Waals surface area contributed by atoms with Gasteiger partial charge in [-0.2, -0.15) is 0 Å². The molecule has 0 aliphatic carbocycles. The fourth-order valence-corrected chi connectivity index (χ4v) is 2.35. The number of aryl methyl sites for hydroxylation is 1. The Morgan fingerprint density at radius 3 is 2.19 bits per heavy atom. The molecular weight excluding hydrogens is 280 g/mol. The van der Waals surface area contributed by atoms with Crippen LogP contribution in [0.2, 0.25) is 5.02 Å². The summed E-state index contributed by atoms with van der Waals surface area (Å²) in [7, 11) is 0. The van der Waals surface area contributed by atoms with Gasteiger partial charge in [-0.25, -0.2) is 0 Å². The lowest BCUT2D eigenvalue weighted by atomic mass is 9.86. The van der Waals surface area contributed by atoms with Crippen LogP contribution in [0.3, 0.4) is 0 Å². The van der Waals surface area contributed by atoms with Crippen LogP contribution < -0.4 is 0 Å². The third-order valence-electron chi connectivity index (χ3n) is 3.66. The van der Waals surface area contributed by atoms with Crippen LogP contribution in [-0.2, 0) is 11.8 Å². The maximum absolute atomic E-state index is 12.3. The Balaban J connectivity index is 2.14. The summed E-state index contributed by atoms with van der Waals surface area (Å²) >= 11 is 5.99. The largest absolute Gasteiger partial charge is 0.294 e. The zero-order valence-corrected chi connectivity index (χ0v) is 13.8. The van der Waals surface area contributed by atoms with Crippen LogP contribution in [0.25, 0.3) is 0 Å². The highest BCUT2D eigenvalue weighted by molar-refractivity contribution is 6.31. The SMILES string of the molecule is Cc1cc(C(=O)Cc2ccc(C(C)(C)C)cc2)ccc1Cl. The summed E-state index contributed by atoms with van der Waals surface area (Å²) in [5.74, 6) is 0.123. The smallest absolute Gasteiger partial charge is 0.167 e. The second kappa shape index (κ2) is 6.03. The fraction of sp³-hybridized carbons (Fsp3) is 0.316. The predicted octanol–water partition coefficient (Wildman–Crippen LogP) is 5.37. The van der Waals surface area contributed by atoms with Gasteiger partial charge in [0.25, 0.3) is 0 Å².